The number of aromatic nitrogens is 1. The highest BCUT2D eigenvalue weighted by atomic mass is 32.2. The van der Waals surface area contributed by atoms with Crippen molar-refractivity contribution in [3.05, 3.63) is 42.5 Å². The van der Waals surface area contributed by atoms with E-state index in [2.05, 4.69) is 15.0 Å². The summed E-state index contributed by atoms with van der Waals surface area (Å²) in [4.78, 5) is 16.6. The highest BCUT2D eigenvalue weighted by molar-refractivity contribution is 8.01. The molecule has 3 aromatic rings. The third-order valence-electron chi connectivity index (χ3n) is 3.37. The number of fused-ring (bicyclic) bond motifs is 1. The maximum absolute atomic E-state index is 12.1. The molecule has 0 saturated heterocycles. The fourth-order valence-electron chi connectivity index (χ4n) is 2.24. The third kappa shape index (κ3) is 5.59. The fraction of sp³-hybridized carbons (Fsp3) is 0.176. The van der Waals surface area contributed by atoms with Crippen LogP contribution in [0.5, 0.6) is 5.75 Å². The number of methoxy groups -OCH3 is 1. The molecule has 1 heterocycles. The lowest BCUT2D eigenvalue weighted by atomic mass is 10.3. The monoisotopic (exact) mass is 423 g/mol. The molecule has 142 valence electrons. The average Bonchev–Trinajstić information content (AvgIpc) is 3.01. The number of ether oxygens (including phenoxy) is 1. The van der Waals surface area contributed by atoms with Crippen molar-refractivity contribution in [2.75, 3.05) is 29.2 Å². The number of amides is 1. The molecule has 2 N–H and O–H groups in total. The molecule has 10 heteroatoms. The van der Waals surface area contributed by atoms with E-state index >= 15 is 0 Å². The first-order valence-corrected chi connectivity index (χ1v) is 11.5. The number of hydrogen-bond donors (Lipinski definition) is 2. The van der Waals surface area contributed by atoms with Crippen LogP contribution in [0.25, 0.3) is 10.2 Å². The Morgan fingerprint density at radius 3 is 2.56 bits per heavy atom. The van der Waals surface area contributed by atoms with Gasteiger partial charge in [-0.25, -0.2) is 13.4 Å². The van der Waals surface area contributed by atoms with Crippen LogP contribution in [-0.2, 0) is 14.8 Å². The Labute approximate surface area is 165 Å². The number of carbonyl (C=O) groups is 1. The smallest absolute Gasteiger partial charge is 0.234 e. The Balaban J connectivity index is 1.61. The number of nitrogens with one attached hydrogen (secondary N) is 2. The number of hydrogen-bond acceptors (Lipinski definition) is 7. The van der Waals surface area contributed by atoms with E-state index in [-0.39, 0.29) is 11.7 Å². The molecule has 0 bridgehead atoms. The number of thioether (sulfide) groups is 1. The van der Waals surface area contributed by atoms with Gasteiger partial charge in [0.25, 0.3) is 0 Å². The molecule has 1 amide bonds. The Kier molecular flexibility index (Phi) is 5.88. The highest BCUT2D eigenvalue weighted by Gasteiger charge is 2.10. The minimum Gasteiger partial charge on any atom is -0.497 e. The van der Waals surface area contributed by atoms with Crippen LogP contribution in [0.1, 0.15) is 0 Å². The average molecular weight is 424 g/mol. The Morgan fingerprint density at radius 1 is 1.19 bits per heavy atom. The van der Waals surface area contributed by atoms with E-state index in [1.54, 1.807) is 49.6 Å². The Morgan fingerprint density at radius 2 is 1.89 bits per heavy atom. The van der Waals surface area contributed by atoms with Gasteiger partial charge in [-0.1, -0.05) is 11.8 Å². The van der Waals surface area contributed by atoms with Gasteiger partial charge >= 0.3 is 0 Å². The van der Waals surface area contributed by atoms with Crippen molar-refractivity contribution in [3.8, 4) is 5.75 Å². The van der Waals surface area contributed by atoms with E-state index in [9.17, 15) is 13.2 Å². The van der Waals surface area contributed by atoms with Gasteiger partial charge in [0.1, 0.15) is 5.75 Å². The molecule has 0 spiro atoms. The largest absolute Gasteiger partial charge is 0.497 e. The van der Waals surface area contributed by atoms with Crippen molar-refractivity contribution in [3.63, 3.8) is 0 Å². The molecule has 0 aliphatic heterocycles. The van der Waals surface area contributed by atoms with Crippen molar-refractivity contribution in [1.82, 2.24) is 4.98 Å². The minimum absolute atomic E-state index is 0.135. The summed E-state index contributed by atoms with van der Waals surface area (Å²) in [6, 6.07) is 12.2. The topological polar surface area (TPSA) is 97.4 Å². The number of sulfonamides is 1. The molecule has 0 unspecified atom stereocenters. The van der Waals surface area contributed by atoms with E-state index in [4.69, 9.17) is 4.74 Å². The van der Waals surface area contributed by atoms with E-state index in [1.807, 2.05) is 0 Å². The van der Waals surface area contributed by atoms with Crippen molar-refractivity contribution in [2.45, 2.75) is 4.34 Å². The molecular weight excluding hydrogens is 406 g/mol. The molecule has 7 nitrogen and oxygen atoms in total. The van der Waals surface area contributed by atoms with Crippen molar-refractivity contribution in [1.29, 1.82) is 0 Å². The second kappa shape index (κ2) is 8.15. The first-order chi connectivity index (χ1) is 12.8. The fourth-order valence-corrected chi connectivity index (χ4v) is 4.70. The number of rotatable bonds is 7. The summed E-state index contributed by atoms with van der Waals surface area (Å²) in [5.41, 5.74) is 1.95. The quantitative estimate of drug-likeness (QED) is 0.565. The summed E-state index contributed by atoms with van der Waals surface area (Å²) in [6.07, 6.45) is 1.10. The lowest BCUT2D eigenvalue weighted by molar-refractivity contribution is -0.113. The van der Waals surface area contributed by atoms with Crippen LogP contribution < -0.4 is 14.8 Å². The highest BCUT2D eigenvalue weighted by Crippen LogP contribution is 2.31. The maximum Gasteiger partial charge on any atom is 0.234 e. The van der Waals surface area contributed by atoms with Gasteiger partial charge in [0.15, 0.2) is 4.34 Å². The first kappa shape index (κ1) is 19.5. The molecule has 0 aliphatic carbocycles. The predicted molar refractivity (Wildman–Crippen MR) is 110 cm³/mol. The summed E-state index contributed by atoms with van der Waals surface area (Å²) in [5, 5.41) is 2.82. The zero-order chi connectivity index (χ0) is 19.4. The van der Waals surface area contributed by atoms with Crippen LogP contribution in [0.2, 0.25) is 0 Å². The summed E-state index contributed by atoms with van der Waals surface area (Å²) in [6.45, 7) is 0. The minimum atomic E-state index is -3.33. The predicted octanol–water partition coefficient (Wildman–Crippen LogP) is 3.41. The Hall–Kier alpha value is -2.30. The van der Waals surface area contributed by atoms with E-state index < -0.39 is 10.0 Å². The molecule has 0 aliphatic rings. The number of anilines is 2. The van der Waals surface area contributed by atoms with Gasteiger partial charge in [0.2, 0.25) is 15.9 Å². The zero-order valence-electron chi connectivity index (χ0n) is 14.6. The summed E-state index contributed by atoms with van der Waals surface area (Å²) in [7, 11) is -1.74. The van der Waals surface area contributed by atoms with Crippen molar-refractivity contribution in [2.24, 2.45) is 0 Å². The number of benzene rings is 2. The van der Waals surface area contributed by atoms with Crippen LogP contribution in [0.3, 0.4) is 0 Å². The number of nitrogens with zero attached hydrogens (tertiary/aromatic N) is 1. The van der Waals surface area contributed by atoms with Gasteiger partial charge in [0.05, 0.1) is 35.0 Å². The maximum atomic E-state index is 12.1. The van der Waals surface area contributed by atoms with Gasteiger partial charge in [-0.3, -0.25) is 9.52 Å². The van der Waals surface area contributed by atoms with Gasteiger partial charge in [-0.05, 0) is 42.5 Å². The van der Waals surface area contributed by atoms with E-state index in [1.165, 1.54) is 23.1 Å². The molecule has 0 radical (unpaired) electrons. The summed E-state index contributed by atoms with van der Waals surface area (Å²) in [5.74, 6) is 0.811. The molecule has 0 atom stereocenters. The van der Waals surface area contributed by atoms with Crippen LogP contribution in [0, 0.1) is 0 Å². The molecule has 1 aromatic heterocycles. The summed E-state index contributed by atoms with van der Waals surface area (Å²) >= 11 is 2.74. The van der Waals surface area contributed by atoms with Crippen molar-refractivity contribution >= 4 is 60.6 Å². The second-order valence-electron chi connectivity index (χ2n) is 5.60. The molecule has 27 heavy (non-hydrogen) atoms. The second-order valence-corrected chi connectivity index (χ2v) is 9.60. The molecule has 3 rings (SSSR count). The summed E-state index contributed by atoms with van der Waals surface area (Å²) < 4.78 is 31.8. The van der Waals surface area contributed by atoms with Crippen LogP contribution >= 0.6 is 23.1 Å². The van der Waals surface area contributed by atoms with Gasteiger partial charge in [-0.2, -0.15) is 0 Å². The van der Waals surface area contributed by atoms with Gasteiger partial charge in [0, 0.05) is 5.69 Å². The number of carbonyl (C=O) groups excluding carboxylic acids is 1. The zero-order valence-corrected chi connectivity index (χ0v) is 17.0. The van der Waals surface area contributed by atoms with Crippen LogP contribution in [0.15, 0.2) is 46.8 Å². The normalized spacial score (nSPS) is 11.3. The molecule has 0 fully saturated rings. The lowest BCUT2D eigenvalue weighted by Gasteiger charge is -2.05. The van der Waals surface area contributed by atoms with Crippen molar-refractivity contribution < 1.29 is 17.9 Å². The molecule has 0 saturated carbocycles. The van der Waals surface area contributed by atoms with E-state index in [0.29, 0.717) is 11.4 Å². The molecule has 2 aromatic carbocycles. The lowest BCUT2D eigenvalue weighted by Crippen LogP contribution is -2.13. The Bertz CT molecular complexity index is 1060. The van der Waals surface area contributed by atoms with Crippen LogP contribution in [0.4, 0.5) is 11.4 Å². The van der Waals surface area contributed by atoms with E-state index in [0.717, 1.165) is 26.6 Å². The van der Waals surface area contributed by atoms with Gasteiger partial charge in [-0.15, -0.1) is 11.3 Å². The number of thiazole rings is 1. The van der Waals surface area contributed by atoms with Gasteiger partial charge < -0.3 is 10.1 Å². The SMILES string of the molecule is COc1ccc(NC(=O)CSc2nc3ccc(NS(C)(=O)=O)cc3s2)cc1. The molecular formula is C17H17N3O4S3. The standard InChI is InChI=1S/C17H17N3O4S3/c1-24-13-6-3-11(4-7-13)18-16(21)10-25-17-19-14-8-5-12(9-15(14)26-17)20-27(2,22)23/h3-9,20H,10H2,1-2H3,(H,18,21). The first-order valence-electron chi connectivity index (χ1n) is 7.77. The third-order valence-corrected chi connectivity index (χ3v) is 6.14. The van der Waals surface area contributed by atoms with Crippen LogP contribution in [-0.4, -0.2) is 38.4 Å².